The molecule has 3 unspecified atom stereocenters. The molecule has 3 atom stereocenters. The van der Waals surface area contributed by atoms with Crippen LogP contribution in [0.4, 0.5) is 0 Å². The lowest BCUT2D eigenvalue weighted by atomic mass is 9.67. The highest BCUT2D eigenvalue weighted by Crippen LogP contribution is 2.65. The van der Waals surface area contributed by atoms with E-state index in [1.165, 1.54) is 6.42 Å². The number of fused-ring (bicyclic) bond motifs is 2. The van der Waals surface area contributed by atoms with Gasteiger partial charge in [-0.05, 0) is 24.2 Å². The van der Waals surface area contributed by atoms with Gasteiger partial charge in [0.25, 0.3) is 0 Å². The number of terminal acetylenes is 1. The molecule has 0 spiro atoms. The molecule has 0 aromatic rings. The average Bonchev–Trinajstić information content (AvgIpc) is 2.39. The predicted molar refractivity (Wildman–Crippen MR) is 52.0 cm³/mol. The van der Waals surface area contributed by atoms with Gasteiger partial charge in [0.05, 0.1) is 0 Å². The van der Waals surface area contributed by atoms with Crippen molar-refractivity contribution >= 4 is 5.78 Å². The third-order valence-electron chi connectivity index (χ3n) is 4.67. The fourth-order valence-corrected chi connectivity index (χ4v) is 3.30. The molecule has 70 valence electrons. The first-order valence-corrected chi connectivity index (χ1v) is 5.01. The lowest BCUT2D eigenvalue weighted by molar-refractivity contribution is -0.128. The molecule has 1 heteroatoms. The summed E-state index contributed by atoms with van der Waals surface area (Å²) in [5.41, 5.74) is -0.0110. The SMILES string of the molecule is C#CCC1(C)C2CCC1(C)C(=O)C2. The van der Waals surface area contributed by atoms with Gasteiger partial charge in [-0.1, -0.05) is 13.8 Å². The van der Waals surface area contributed by atoms with E-state index in [4.69, 9.17) is 6.42 Å². The van der Waals surface area contributed by atoms with E-state index in [0.29, 0.717) is 11.7 Å². The Hall–Kier alpha value is -0.770. The summed E-state index contributed by atoms with van der Waals surface area (Å²) >= 11 is 0. The van der Waals surface area contributed by atoms with Crippen molar-refractivity contribution in [2.75, 3.05) is 0 Å². The highest BCUT2D eigenvalue weighted by molar-refractivity contribution is 5.89. The van der Waals surface area contributed by atoms with Crippen LogP contribution in [0.5, 0.6) is 0 Å². The summed E-state index contributed by atoms with van der Waals surface area (Å²) in [6, 6.07) is 0. The van der Waals surface area contributed by atoms with Gasteiger partial charge in [-0.15, -0.1) is 12.3 Å². The van der Waals surface area contributed by atoms with E-state index in [2.05, 4.69) is 19.8 Å². The van der Waals surface area contributed by atoms with Gasteiger partial charge in [-0.3, -0.25) is 4.79 Å². The topological polar surface area (TPSA) is 17.1 Å². The van der Waals surface area contributed by atoms with Gasteiger partial charge >= 0.3 is 0 Å². The quantitative estimate of drug-likeness (QED) is 0.561. The second kappa shape index (κ2) is 2.38. The van der Waals surface area contributed by atoms with Gasteiger partial charge in [0.15, 0.2) is 0 Å². The van der Waals surface area contributed by atoms with Crippen molar-refractivity contribution in [2.45, 2.75) is 39.5 Å². The van der Waals surface area contributed by atoms with Crippen LogP contribution in [0.25, 0.3) is 0 Å². The Bertz CT molecular complexity index is 299. The maximum Gasteiger partial charge on any atom is 0.139 e. The van der Waals surface area contributed by atoms with Crippen LogP contribution in [0.1, 0.15) is 39.5 Å². The van der Waals surface area contributed by atoms with Crippen molar-refractivity contribution in [3.05, 3.63) is 0 Å². The summed E-state index contributed by atoms with van der Waals surface area (Å²) < 4.78 is 0. The van der Waals surface area contributed by atoms with E-state index in [0.717, 1.165) is 19.3 Å². The van der Waals surface area contributed by atoms with Crippen molar-refractivity contribution in [2.24, 2.45) is 16.7 Å². The molecule has 0 N–H and O–H groups in total. The molecule has 2 bridgehead atoms. The van der Waals surface area contributed by atoms with Gasteiger partial charge in [0.1, 0.15) is 5.78 Å². The highest BCUT2D eigenvalue weighted by Gasteiger charge is 2.63. The van der Waals surface area contributed by atoms with Crippen LogP contribution in [0.2, 0.25) is 0 Å². The van der Waals surface area contributed by atoms with Crippen LogP contribution in [0.3, 0.4) is 0 Å². The monoisotopic (exact) mass is 176 g/mol. The number of Topliss-reactive ketones (excluding diaryl/α,β-unsaturated/α-hetero) is 1. The summed E-state index contributed by atoms with van der Waals surface area (Å²) in [5, 5.41) is 0. The van der Waals surface area contributed by atoms with Crippen LogP contribution in [0.15, 0.2) is 0 Å². The van der Waals surface area contributed by atoms with Crippen LogP contribution < -0.4 is 0 Å². The Balaban J connectivity index is 2.42. The molecule has 0 heterocycles. The minimum Gasteiger partial charge on any atom is -0.299 e. The fourth-order valence-electron chi connectivity index (χ4n) is 3.30. The number of carbonyl (C=O) groups excluding carboxylic acids is 1. The van der Waals surface area contributed by atoms with Crippen molar-refractivity contribution in [1.29, 1.82) is 0 Å². The van der Waals surface area contributed by atoms with Crippen LogP contribution in [-0.4, -0.2) is 5.78 Å². The smallest absolute Gasteiger partial charge is 0.139 e. The molecule has 13 heavy (non-hydrogen) atoms. The lowest BCUT2D eigenvalue weighted by Gasteiger charge is -2.35. The summed E-state index contributed by atoms with van der Waals surface area (Å²) in [7, 11) is 0. The maximum absolute atomic E-state index is 11.8. The molecule has 0 radical (unpaired) electrons. The first-order valence-electron chi connectivity index (χ1n) is 5.01. The molecule has 2 saturated carbocycles. The molecular weight excluding hydrogens is 160 g/mol. The summed E-state index contributed by atoms with van der Waals surface area (Å²) in [6.07, 6.45) is 9.17. The standard InChI is InChI=1S/C12H16O/c1-4-6-11(2)9-5-7-12(11,3)10(13)8-9/h1,9H,5-8H2,2-3H3. The maximum atomic E-state index is 11.8. The average molecular weight is 176 g/mol. The first-order chi connectivity index (χ1) is 6.04. The first kappa shape index (κ1) is 8.81. The number of hydrogen-bond acceptors (Lipinski definition) is 1. The van der Waals surface area contributed by atoms with Crippen molar-refractivity contribution in [1.82, 2.24) is 0 Å². The van der Waals surface area contributed by atoms with E-state index in [1.807, 2.05) is 0 Å². The minimum absolute atomic E-state index is 0.0961. The van der Waals surface area contributed by atoms with Crippen molar-refractivity contribution in [3.63, 3.8) is 0 Å². The number of carbonyl (C=O) groups is 1. The molecule has 0 aliphatic heterocycles. The molecule has 0 saturated heterocycles. The largest absolute Gasteiger partial charge is 0.299 e. The highest BCUT2D eigenvalue weighted by atomic mass is 16.1. The van der Waals surface area contributed by atoms with E-state index in [9.17, 15) is 4.79 Å². The minimum atomic E-state index is -0.107. The second-order valence-corrected chi connectivity index (χ2v) is 4.99. The third-order valence-corrected chi connectivity index (χ3v) is 4.67. The van der Waals surface area contributed by atoms with E-state index in [-0.39, 0.29) is 10.8 Å². The van der Waals surface area contributed by atoms with Gasteiger partial charge in [-0.2, -0.15) is 0 Å². The third kappa shape index (κ3) is 0.817. The molecule has 2 fully saturated rings. The summed E-state index contributed by atoms with van der Waals surface area (Å²) in [5.74, 6) is 3.75. The van der Waals surface area contributed by atoms with E-state index in [1.54, 1.807) is 0 Å². The molecule has 2 aliphatic carbocycles. The molecule has 2 aliphatic rings. The normalized spacial score (nSPS) is 48.1. The number of ketones is 1. The molecule has 2 rings (SSSR count). The van der Waals surface area contributed by atoms with Crippen LogP contribution >= 0.6 is 0 Å². The van der Waals surface area contributed by atoms with Gasteiger partial charge in [-0.25, -0.2) is 0 Å². The van der Waals surface area contributed by atoms with Gasteiger partial charge in [0.2, 0.25) is 0 Å². The molecule has 0 amide bonds. The molecule has 1 nitrogen and oxygen atoms in total. The van der Waals surface area contributed by atoms with Gasteiger partial charge < -0.3 is 0 Å². The number of hydrogen-bond donors (Lipinski definition) is 0. The fraction of sp³-hybridized carbons (Fsp3) is 0.750. The molecule has 0 aromatic heterocycles. The number of rotatable bonds is 1. The Morgan fingerprint density at radius 3 is 2.69 bits per heavy atom. The zero-order valence-corrected chi connectivity index (χ0v) is 8.39. The Labute approximate surface area is 79.9 Å². The zero-order valence-electron chi connectivity index (χ0n) is 8.39. The van der Waals surface area contributed by atoms with Gasteiger partial charge in [0, 0.05) is 18.3 Å². The van der Waals surface area contributed by atoms with Crippen LogP contribution in [-0.2, 0) is 4.79 Å². The molecule has 0 aromatic carbocycles. The lowest BCUT2D eigenvalue weighted by Crippen LogP contribution is -2.34. The second-order valence-electron chi connectivity index (χ2n) is 4.99. The summed E-state index contributed by atoms with van der Waals surface area (Å²) in [4.78, 5) is 11.8. The molecular formula is C12H16O. The Morgan fingerprint density at radius 2 is 2.31 bits per heavy atom. The van der Waals surface area contributed by atoms with Crippen molar-refractivity contribution < 1.29 is 4.79 Å². The van der Waals surface area contributed by atoms with E-state index >= 15 is 0 Å². The zero-order chi connectivity index (χ0) is 9.69. The van der Waals surface area contributed by atoms with E-state index < -0.39 is 0 Å². The Morgan fingerprint density at radius 1 is 1.62 bits per heavy atom. The predicted octanol–water partition coefficient (Wildman–Crippen LogP) is 2.41. The van der Waals surface area contributed by atoms with Crippen molar-refractivity contribution in [3.8, 4) is 12.3 Å². The Kier molecular flexibility index (Phi) is 1.61. The summed E-state index contributed by atoms with van der Waals surface area (Å²) in [6.45, 7) is 4.31. The van der Waals surface area contributed by atoms with Crippen LogP contribution in [0, 0.1) is 29.1 Å².